The van der Waals surface area contributed by atoms with Crippen molar-refractivity contribution in [1.29, 1.82) is 0 Å². The Morgan fingerprint density at radius 1 is 1.60 bits per heavy atom. The number of nitro groups is 1. The van der Waals surface area contributed by atoms with Crippen molar-refractivity contribution in [3.05, 3.63) is 38.3 Å². The largest absolute Gasteiger partial charge is 0.330 e. The Labute approximate surface area is 85.3 Å². The molecule has 1 aromatic heterocycles. The van der Waals surface area contributed by atoms with Crippen LogP contribution in [0.1, 0.15) is 12.0 Å². The van der Waals surface area contributed by atoms with E-state index in [-0.39, 0.29) is 11.3 Å². The van der Waals surface area contributed by atoms with Crippen LogP contribution >= 0.6 is 0 Å². The molecule has 1 aromatic rings. The van der Waals surface area contributed by atoms with Crippen LogP contribution in [0.3, 0.4) is 0 Å². The lowest BCUT2D eigenvalue weighted by Gasteiger charge is -1.91. The molecular weight excluding hydrogens is 198 g/mol. The second-order valence-electron chi connectivity index (χ2n) is 2.70. The summed E-state index contributed by atoms with van der Waals surface area (Å²) in [5, 5.41) is 10.4. The fourth-order valence-corrected chi connectivity index (χ4v) is 0.900. The van der Waals surface area contributed by atoms with E-state index in [1.54, 1.807) is 0 Å². The van der Waals surface area contributed by atoms with Gasteiger partial charge in [-0.1, -0.05) is 11.8 Å². The Hall–Kier alpha value is -2.13. The molecule has 6 heteroatoms. The molecule has 0 atom stereocenters. The van der Waals surface area contributed by atoms with E-state index in [0.717, 1.165) is 12.3 Å². The van der Waals surface area contributed by atoms with Crippen molar-refractivity contribution in [2.24, 2.45) is 5.73 Å². The van der Waals surface area contributed by atoms with Gasteiger partial charge in [-0.05, 0) is 0 Å². The van der Waals surface area contributed by atoms with Crippen molar-refractivity contribution in [2.45, 2.75) is 6.42 Å². The quantitative estimate of drug-likeness (QED) is 0.404. The third kappa shape index (κ3) is 2.93. The summed E-state index contributed by atoms with van der Waals surface area (Å²) in [6.07, 6.45) is 1.48. The smallest absolute Gasteiger partial charge is 0.286 e. The summed E-state index contributed by atoms with van der Waals surface area (Å²) in [6, 6.07) is 1.14. The zero-order valence-electron chi connectivity index (χ0n) is 7.82. The van der Waals surface area contributed by atoms with Gasteiger partial charge in [0.1, 0.15) is 0 Å². The summed E-state index contributed by atoms with van der Waals surface area (Å²) in [6.45, 7) is 0.389. The van der Waals surface area contributed by atoms with Crippen LogP contribution in [0.25, 0.3) is 0 Å². The average Bonchev–Trinajstić information content (AvgIpc) is 2.20. The van der Waals surface area contributed by atoms with Crippen molar-refractivity contribution in [2.75, 3.05) is 6.54 Å². The maximum atomic E-state index is 11.2. The van der Waals surface area contributed by atoms with Crippen molar-refractivity contribution in [1.82, 2.24) is 4.98 Å². The molecule has 0 aliphatic carbocycles. The van der Waals surface area contributed by atoms with E-state index < -0.39 is 10.5 Å². The number of hydrogen-bond donors (Lipinski definition) is 2. The fourth-order valence-electron chi connectivity index (χ4n) is 0.900. The molecule has 0 spiro atoms. The maximum absolute atomic E-state index is 11.2. The Morgan fingerprint density at radius 2 is 2.33 bits per heavy atom. The van der Waals surface area contributed by atoms with Crippen LogP contribution in [-0.2, 0) is 0 Å². The van der Waals surface area contributed by atoms with E-state index in [2.05, 4.69) is 16.8 Å². The van der Waals surface area contributed by atoms with E-state index in [0.29, 0.717) is 13.0 Å². The number of nitrogens with zero attached hydrogens (tertiary/aromatic N) is 1. The van der Waals surface area contributed by atoms with Crippen molar-refractivity contribution in [3.8, 4) is 11.8 Å². The number of aromatic amines is 1. The number of nitrogens with one attached hydrogen (secondary N) is 1. The lowest BCUT2D eigenvalue weighted by Crippen LogP contribution is -2.09. The summed E-state index contributed by atoms with van der Waals surface area (Å²) in [7, 11) is 0. The molecule has 78 valence electrons. The number of aromatic nitrogens is 1. The lowest BCUT2D eigenvalue weighted by molar-refractivity contribution is -0.385. The van der Waals surface area contributed by atoms with Gasteiger partial charge in [-0.3, -0.25) is 14.9 Å². The Morgan fingerprint density at radius 3 is 2.93 bits per heavy atom. The van der Waals surface area contributed by atoms with Crippen LogP contribution in [0.5, 0.6) is 0 Å². The van der Waals surface area contributed by atoms with Gasteiger partial charge in [0, 0.05) is 19.0 Å². The van der Waals surface area contributed by atoms with Gasteiger partial charge in [0.2, 0.25) is 0 Å². The van der Waals surface area contributed by atoms with Gasteiger partial charge in [0.25, 0.3) is 11.2 Å². The normalized spacial score (nSPS) is 9.13. The predicted molar refractivity (Wildman–Crippen MR) is 54.3 cm³/mol. The number of pyridine rings is 1. The van der Waals surface area contributed by atoms with Gasteiger partial charge >= 0.3 is 0 Å². The van der Waals surface area contributed by atoms with Crippen molar-refractivity contribution < 1.29 is 4.92 Å². The van der Waals surface area contributed by atoms with Gasteiger partial charge in [-0.15, -0.1) is 0 Å². The molecule has 6 nitrogen and oxygen atoms in total. The SMILES string of the molecule is NCCC#Cc1cc([N+](=O)[O-])c[nH]c1=O. The van der Waals surface area contributed by atoms with Gasteiger partial charge in [-0.25, -0.2) is 0 Å². The number of nitrogens with two attached hydrogens (primary N) is 1. The first-order valence-electron chi connectivity index (χ1n) is 4.21. The highest BCUT2D eigenvalue weighted by molar-refractivity contribution is 5.39. The molecule has 0 fully saturated rings. The monoisotopic (exact) mass is 207 g/mol. The molecule has 0 aliphatic rings. The highest BCUT2D eigenvalue weighted by Gasteiger charge is 2.07. The second kappa shape index (κ2) is 4.93. The second-order valence-corrected chi connectivity index (χ2v) is 2.70. The standard InChI is InChI=1S/C9H9N3O3/c10-4-2-1-3-7-5-8(12(14)15)6-11-9(7)13/h5-6H,2,4,10H2,(H,11,13). The van der Waals surface area contributed by atoms with E-state index in [1.165, 1.54) is 0 Å². The topological polar surface area (TPSA) is 102 Å². The molecule has 0 amide bonds. The molecule has 0 saturated carbocycles. The zero-order valence-corrected chi connectivity index (χ0v) is 7.82. The first kappa shape index (κ1) is 10.9. The van der Waals surface area contributed by atoms with Crippen LogP contribution < -0.4 is 11.3 Å². The van der Waals surface area contributed by atoms with E-state index >= 15 is 0 Å². The third-order valence-electron chi connectivity index (χ3n) is 1.59. The molecule has 0 aromatic carbocycles. The fraction of sp³-hybridized carbons (Fsp3) is 0.222. The number of H-pyrrole nitrogens is 1. The van der Waals surface area contributed by atoms with E-state index in [4.69, 9.17) is 5.73 Å². The molecular formula is C9H9N3O3. The molecule has 3 N–H and O–H groups in total. The molecule has 0 unspecified atom stereocenters. The summed E-state index contributed by atoms with van der Waals surface area (Å²) in [5.74, 6) is 5.17. The van der Waals surface area contributed by atoms with Crippen LogP contribution in [0, 0.1) is 22.0 Å². The van der Waals surface area contributed by atoms with Crippen LogP contribution in [0.15, 0.2) is 17.1 Å². The number of hydrogen-bond acceptors (Lipinski definition) is 4. The van der Waals surface area contributed by atoms with Gasteiger partial charge in [0.05, 0.1) is 16.7 Å². The minimum Gasteiger partial charge on any atom is -0.330 e. The van der Waals surface area contributed by atoms with Crippen molar-refractivity contribution >= 4 is 5.69 Å². The Kier molecular flexibility index (Phi) is 3.60. The highest BCUT2D eigenvalue weighted by atomic mass is 16.6. The summed E-state index contributed by atoms with van der Waals surface area (Å²) in [5.41, 5.74) is 4.67. The molecule has 0 aliphatic heterocycles. The van der Waals surface area contributed by atoms with Crippen LogP contribution in [0.4, 0.5) is 5.69 Å². The van der Waals surface area contributed by atoms with Crippen LogP contribution in [-0.4, -0.2) is 16.5 Å². The molecule has 0 radical (unpaired) electrons. The van der Waals surface area contributed by atoms with Gasteiger partial charge in [-0.2, -0.15) is 0 Å². The highest BCUT2D eigenvalue weighted by Crippen LogP contribution is 2.06. The number of rotatable bonds is 2. The van der Waals surface area contributed by atoms with Crippen molar-refractivity contribution in [3.63, 3.8) is 0 Å². The Bertz CT molecular complexity index is 481. The summed E-state index contributed by atoms with van der Waals surface area (Å²) < 4.78 is 0. The molecule has 1 rings (SSSR count). The average molecular weight is 207 g/mol. The lowest BCUT2D eigenvalue weighted by atomic mass is 10.2. The van der Waals surface area contributed by atoms with E-state index in [1.807, 2.05) is 0 Å². The first-order chi connectivity index (χ1) is 7.15. The van der Waals surface area contributed by atoms with Crippen LogP contribution in [0.2, 0.25) is 0 Å². The summed E-state index contributed by atoms with van der Waals surface area (Å²) >= 11 is 0. The third-order valence-corrected chi connectivity index (χ3v) is 1.59. The predicted octanol–water partition coefficient (Wildman–Crippen LogP) is -0.0166. The first-order valence-corrected chi connectivity index (χ1v) is 4.21. The minimum atomic E-state index is -0.593. The molecule has 1 heterocycles. The Balaban J connectivity index is 3.08. The van der Waals surface area contributed by atoms with Gasteiger partial charge in [0.15, 0.2) is 0 Å². The molecule has 0 saturated heterocycles. The van der Waals surface area contributed by atoms with Gasteiger partial charge < -0.3 is 10.7 Å². The zero-order chi connectivity index (χ0) is 11.3. The minimum absolute atomic E-state index is 0.0812. The summed E-state index contributed by atoms with van der Waals surface area (Å²) in [4.78, 5) is 23.2. The molecule has 15 heavy (non-hydrogen) atoms. The maximum Gasteiger partial charge on any atom is 0.286 e. The molecule has 0 bridgehead atoms. The van der Waals surface area contributed by atoms with E-state index in [9.17, 15) is 14.9 Å².